The second kappa shape index (κ2) is 3.93. The van der Waals surface area contributed by atoms with Crippen LogP contribution in [0.1, 0.15) is 12.1 Å². The standard InChI is InChI=1S/C6H2ClF4NO2S/c7-15(13,14)2-1-3(8)12-5(4(2)9)6(10)11/h1,6H. The van der Waals surface area contributed by atoms with Crippen molar-refractivity contribution in [3.8, 4) is 0 Å². The Hall–Kier alpha value is -0.890. The average molecular weight is 264 g/mol. The molecule has 84 valence electrons. The lowest BCUT2D eigenvalue weighted by Crippen LogP contribution is -2.05. The maximum Gasteiger partial charge on any atom is 0.283 e. The average Bonchev–Trinajstić information content (AvgIpc) is 2.06. The number of rotatable bonds is 2. The van der Waals surface area contributed by atoms with Crippen LogP contribution < -0.4 is 0 Å². The highest BCUT2D eigenvalue weighted by atomic mass is 35.7. The quantitative estimate of drug-likeness (QED) is 0.467. The fourth-order valence-electron chi connectivity index (χ4n) is 0.816. The zero-order valence-electron chi connectivity index (χ0n) is 6.72. The van der Waals surface area contributed by atoms with E-state index in [-0.39, 0.29) is 6.07 Å². The number of alkyl halides is 2. The molecule has 0 atom stereocenters. The molecule has 0 aromatic carbocycles. The Morgan fingerprint density at radius 2 is 1.87 bits per heavy atom. The number of hydrogen-bond donors (Lipinski definition) is 0. The molecule has 0 bridgehead atoms. The van der Waals surface area contributed by atoms with E-state index in [1.54, 1.807) is 0 Å². The third-order valence-corrected chi connectivity index (χ3v) is 2.71. The first-order valence-electron chi connectivity index (χ1n) is 3.32. The zero-order valence-corrected chi connectivity index (χ0v) is 8.29. The third-order valence-electron chi connectivity index (χ3n) is 1.39. The molecule has 9 heteroatoms. The molecule has 15 heavy (non-hydrogen) atoms. The molecule has 0 amide bonds. The van der Waals surface area contributed by atoms with Crippen molar-refractivity contribution >= 4 is 19.7 Å². The smallest absolute Gasteiger partial charge is 0.216 e. The van der Waals surface area contributed by atoms with Crippen LogP contribution in [0, 0.1) is 11.8 Å². The van der Waals surface area contributed by atoms with E-state index in [1.165, 1.54) is 0 Å². The molecule has 1 heterocycles. The lowest BCUT2D eigenvalue weighted by Gasteiger charge is -2.04. The van der Waals surface area contributed by atoms with Crippen molar-refractivity contribution < 1.29 is 26.0 Å². The van der Waals surface area contributed by atoms with Gasteiger partial charge in [0.05, 0.1) is 0 Å². The molecule has 0 saturated carbocycles. The minimum absolute atomic E-state index is 0.129. The molecule has 1 rings (SSSR count). The molecule has 3 nitrogen and oxygen atoms in total. The molecule has 0 aliphatic rings. The Morgan fingerprint density at radius 1 is 1.33 bits per heavy atom. The monoisotopic (exact) mass is 263 g/mol. The van der Waals surface area contributed by atoms with Gasteiger partial charge in [0, 0.05) is 16.7 Å². The Morgan fingerprint density at radius 3 is 2.27 bits per heavy atom. The second-order valence-corrected chi connectivity index (χ2v) is 4.92. The van der Waals surface area contributed by atoms with Crippen LogP contribution in [0.2, 0.25) is 0 Å². The van der Waals surface area contributed by atoms with E-state index in [9.17, 15) is 26.0 Å². The number of nitrogens with zero attached hydrogens (tertiary/aromatic N) is 1. The van der Waals surface area contributed by atoms with E-state index in [1.807, 2.05) is 0 Å². The van der Waals surface area contributed by atoms with Crippen molar-refractivity contribution in [3.63, 3.8) is 0 Å². The highest BCUT2D eigenvalue weighted by molar-refractivity contribution is 8.13. The van der Waals surface area contributed by atoms with Gasteiger partial charge in [-0.05, 0) is 0 Å². The van der Waals surface area contributed by atoms with Crippen LogP contribution in [-0.2, 0) is 9.05 Å². The first kappa shape index (κ1) is 12.2. The van der Waals surface area contributed by atoms with Gasteiger partial charge in [0.1, 0.15) is 10.6 Å². The molecule has 0 spiro atoms. The molecule has 0 N–H and O–H groups in total. The maximum atomic E-state index is 13.0. The SMILES string of the molecule is O=S(=O)(Cl)c1cc(F)nc(C(F)F)c1F. The van der Waals surface area contributed by atoms with E-state index < -0.39 is 37.8 Å². The Labute approximate surface area is 86.1 Å². The predicted molar refractivity (Wildman–Crippen MR) is 42.1 cm³/mol. The maximum absolute atomic E-state index is 13.0. The number of hydrogen-bond acceptors (Lipinski definition) is 3. The predicted octanol–water partition coefficient (Wildman–Crippen LogP) is 2.22. The van der Waals surface area contributed by atoms with Gasteiger partial charge in [-0.2, -0.15) is 4.39 Å². The van der Waals surface area contributed by atoms with Gasteiger partial charge in [-0.3, -0.25) is 0 Å². The zero-order chi connectivity index (χ0) is 11.8. The van der Waals surface area contributed by atoms with Crippen LogP contribution in [0.5, 0.6) is 0 Å². The fourth-order valence-corrected chi connectivity index (χ4v) is 1.71. The van der Waals surface area contributed by atoms with E-state index >= 15 is 0 Å². The van der Waals surface area contributed by atoms with E-state index in [0.717, 1.165) is 0 Å². The lowest BCUT2D eigenvalue weighted by molar-refractivity contribution is 0.138. The summed E-state index contributed by atoms with van der Waals surface area (Å²) >= 11 is 0. The molecule has 0 saturated heterocycles. The molecule has 0 unspecified atom stereocenters. The molecular formula is C6H2ClF4NO2S. The van der Waals surface area contributed by atoms with Gasteiger partial charge in [-0.25, -0.2) is 26.6 Å². The molecule has 0 aliphatic carbocycles. The van der Waals surface area contributed by atoms with Crippen molar-refractivity contribution in [2.45, 2.75) is 11.3 Å². The minimum Gasteiger partial charge on any atom is -0.216 e. The second-order valence-electron chi connectivity index (χ2n) is 2.38. The highest BCUT2D eigenvalue weighted by Crippen LogP contribution is 2.27. The van der Waals surface area contributed by atoms with Crippen molar-refractivity contribution in [1.29, 1.82) is 0 Å². The van der Waals surface area contributed by atoms with Crippen molar-refractivity contribution in [3.05, 3.63) is 23.5 Å². The number of aromatic nitrogens is 1. The molecule has 1 aromatic rings. The summed E-state index contributed by atoms with van der Waals surface area (Å²) in [4.78, 5) is 1.18. The van der Waals surface area contributed by atoms with E-state index in [0.29, 0.717) is 0 Å². The van der Waals surface area contributed by atoms with Gasteiger partial charge in [-0.1, -0.05) is 0 Å². The Bertz CT molecular complexity index is 490. The molecule has 0 radical (unpaired) electrons. The summed E-state index contributed by atoms with van der Waals surface area (Å²) < 4.78 is 71.1. The summed E-state index contributed by atoms with van der Waals surface area (Å²) in [7, 11) is 0.0772. The van der Waals surface area contributed by atoms with Gasteiger partial charge in [-0.15, -0.1) is 0 Å². The summed E-state index contributed by atoms with van der Waals surface area (Å²) in [5, 5.41) is 0. The van der Waals surface area contributed by atoms with Crippen molar-refractivity contribution in [2.75, 3.05) is 0 Å². The van der Waals surface area contributed by atoms with Gasteiger partial charge >= 0.3 is 0 Å². The van der Waals surface area contributed by atoms with Gasteiger partial charge in [0.15, 0.2) is 5.82 Å². The van der Waals surface area contributed by atoms with Gasteiger partial charge in [0.2, 0.25) is 5.95 Å². The van der Waals surface area contributed by atoms with Gasteiger partial charge < -0.3 is 0 Å². The largest absolute Gasteiger partial charge is 0.283 e. The molecule has 1 aromatic heterocycles. The van der Waals surface area contributed by atoms with Crippen molar-refractivity contribution in [2.24, 2.45) is 0 Å². The van der Waals surface area contributed by atoms with E-state index in [4.69, 9.17) is 10.7 Å². The number of halogens is 5. The highest BCUT2D eigenvalue weighted by Gasteiger charge is 2.26. The van der Waals surface area contributed by atoms with Gasteiger partial charge in [0.25, 0.3) is 15.5 Å². The van der Waals surface area contributed by atoms with Crippen LogP contribution >= 0.6 is 10.7 Å². The third kappa shape index (κ3) is 2.57. The summed E-state index contributed by atoms with van der Waals surface area (Å²) in [6.45, 7) is 0. The molecular weight excluding hydrogens is 262 g/mol. The van der Waals surface area contributed by atoms with Crippen LogP contribution in [0.3, 0.4) is 0 Å². The first-order chi connectivity index (χ1) is 6.73. The topological polar surface area (TPSA) is 47.0 Å². The van der Waals surface area contributed by atoms with Crippen molar-refractivity contribution in [1.82, 2.24) is 4.98 Å². The summed E-state index contributed by atoms with van der Waals surface area (Å²) in [6.07, 6.45) is -3.43. The first-order valence-corrected chi connectivity index (χ1v) is 5.63. The van der Waals surface area contributed by atoms with Crippen LogP contribution in [0.4, 0.5) is 17.6 Å². The Kier molecular flexibility index (Phi) is 3.19. The summed E-state index contributed by atoms with van der Waals surface area (Å²) in [5.41, 5.74) is -1.59. The lowest BCUT2D eigenvalue weighted by atomic mass is 10.3. The van der Waals surface area contributed by atoms with Crippen LogP contribution in [0.25, 0.3) is 0 Å². The normalized spacial score (nSPS) is 12.1. The van der Waals surface area contributed by atoms with E-state index in [2.05, 4.69) is 4.98 Å². The molecule has 0 aliphatic heterocycles. The number of pyridine rings is 1. The molecule has 0 fully saturated rings. The Balaban J connectivity index is 3.56. The fraction of sp³-hybridized carbons (Fsp3) is 0.167. The summed E-state index contributed by atoms with van der Waals surface area (Å²) in [5.74, 6) is -3.40. The van der Waals surface area contributed by atoms with Crippen LogP contribution in [0.15, 0.2) is 11.0 Å². The van der Waals surface area contributed by atoms with Crippen LogP contribution in [-0.4, -0.2) is 13.4 Å². The minimum atomic E-state index is -4.63. The summed E-state index contributed by atoms with van der Waals surface area (Å²) in [6, 6.07) is 0.129.